The lowest BCUT2D eigenvalue weighted by Gasteiger charge is -2.01. The summed E-state index contributed by atoms with van der Waals surface area (Å²) in [5, 5.41) is 17.7. The molecule has 0 aliphatic carbocycles. The second-order valence-electron chi connectivity index (χ2n) is 3.58. The van der Waals surface area contributed by atoms with Crippen LogP contribution in [0.25, 0.3) is 0 Å². The van der Waals surface area contributed by atoms with Gasteiger partial charge in [0, 0.05) is 19.4 Å². The lowest BCUT2D eigenvalue weighted by Crippen LogP contribution is -1.94. The Morgan fingerprint density at radius 2 is 1.93 bits per heavy atom. The van der Waals surface area contributed by atoms with Crippen molar-refractivity contribution in [3.63, 3.8) is 0 Å². The van der Waals surface area contributed by atoms with E-state index in [1.54, 1.807) is 11.8 Å². The van der Waals surface area contributed by atoms with E-state index < -0.39 is 0 Å². The Morgan fingerprint density at radius 1 is 1.20 bits per heavy atom. The molecule has 1 aromatic rings. The van der Waals surface area contributed by atoms with Crippen molar-refractivity contribution in [3.05, 3.63) is 5.82 Å². The Morgan fingerprint density at radius 3 is 2.53 bits per heavy atom. The molecule has 0 aliphatic rings. The predicted molar refractivity (Wildman–Crippen MR) is 62.0 cm³/mol. The number of unbranched alkanes of at least 4 members (excludes halogenated alkanes) is 3. The van der Waals surface area contributed by atoms with Crippen LogP contribution in [0.3, 0.4) is 0 Å². The van der Waals surface area contributed by atoms with Crippen LogP contribution in [0.5, 0.6) is 0 Å². The van der Waals surface area contributed by atoms with Gasteiger partial charge in [-0.05, 0) is 19.8 Å². The Kier molecular flexibility index (Phi) is 5.71. The van der Waals surface area contributed by atoms with Crippen LogP contribution in [0.1, 0.15) is 31.5 Å². The fraction of sp³-hybridized carbons (Fsp3) is 0.800. The molecule has 0 fully saturated rings. The van der Waals surface area contributed by atoms with E-state index in [-0.39, 0.29) is 0 Å². The molecule has 1 N–H and O–H groups in total. The summed E-state index contributed by atoms with van der Waals surface area (Å²) in [6, 6.07) is 0. The zero-order valence-corrected chi connectivity index (χ0v) is 10.3. The molecular formula is C10H19N3OS. The maximum atomic E-state index is 8.61. The normalized spacial score (nSPS) is 10.9. The third-order valence-corrected chi connectivity index (χ3v) is 3.44. The molecule has 0 amide bonds. The van der Waals surface area contributed by atoms with Crippen molar-refractivity contribution in [2.45, 2.75) is 37.8 Å². The summed E-state index contributed by atoms with van der Waals surface area (Å²) in [6.45, 7) is 2.27. The average molecular weight is 229 g/mol. The molecule has 5 heteroatoms. The van der Waals surface area contributed by atoms with Crippen LogP contribution in [0.15, 0.2) is 5.16 Å². The first-order valence-electron chi connectivity index (χ1n) is 5.35. The second-order valence-corrected chi connectivity index (χ2v) is 4.64. The topological polar surface area (TPSA) is 50.9 Å². The van der Waals surface area contributed by atoms with Crippen LogP contribution >= 0.6 is 11.8 Å². The van der Waals surface area contributed by atoms with Crippen LogP contribution in [-0.4, -0.2) is 32.2 Å². The van der Waals surface area contributed by atoms with E-state index in [0.29, 0.717) is 6.61 Å². The van der Waals surface area contributed by atoms with Crippen molar-refractivity contribution < 1.29 is 5.11 Å². The van der Waals surface area contributed by atoms with Gasteiger partial charge >= 0.3 is 0 Å². The number of thioether (sulfide) groups is 1. The molecule has 0 radical (unpaired) electrons. The van der Waals surface area contributed by atoms with E-state index in [4.69, 9.17) is 5.11 Å². The van der Waals surface area contributed by atoms with Gasteiger partial charge in [-0.25, -0.2) is 0 Å². The molecule has 0 saturated heterocycles. The zero-order valence-electron chi connectivity index (χ0n) is 9.44. The SMILES string of the molecule is Cc1nnc(SCCCCCCO)n1C. The first-order chi connectivity index (χ1) is 7.25. The van der Waals surface area contributed by atoms with Crippen LogP contribution in [0, 0.1) is 6.92 Å². The Labute approximate surface area is 95.1 Å². The van der Waals surface area contributed by atoms with Crippen molar-refractivity contribution in [3.8, 4) is 0 Å². The fourth-order valence-corrected chi connectivity index (χ4v) is 2.20. The number of aliphatic hydroxyl groups excluding tert-OH is 1. The molecular weight excluding hydrogens is 210 g/mol. The maximum Gasteiger partial charge on any atom is 0.190 e. The number of aliphatic hydroxyl groups is 1. The lowest BCUT2D eigenvalue weighted by molar-refractivity contribution is 0.283. The number of hydrogen-bond donors (Lipinski definition) is 1. The summed E-state index contributed by atoms with van der Waals surface area (Å²) in [4.78, 5) is 0. The molecule has 86 valence electrons. The van der Waals surface area contributed by atoms with Gasteiger partial charge in [-0.15, -0.1) is 10.2 Å². The van der Waals surface area contributed by atoms with E-state index in [2.05, 4.69) is 10.2 Å². The summed E-state index contributed by atoms with van der Waals surface area (Å²) < 4.78 is 2.01. The number of rotatable bonds is 7. The smallest absolute Gasteiger partial charge is 0.190 e. The van der Waals surface area contributed by atoms with E-state index in [1.807, 2.05) is 18.5 Å². The van der Waals surface area contributed by atoms with Crippen molar-refractivity contribution >= 4 is 11.8 Å². The standard InChI is InChI=1S/C10H19N3OS/c1-9-11-12-10(13(9)2)15-8-6-4-3-5-7-14/h14H,3-8H2,1-2H3. The lowest BCUT2D eigenvalue weighted by atomic mass is 10.2. The molecule has 0 aromatic carbocycles. The first kappa shape index (κ1) is 12.5. The molecule has 1 rings (SSSR count). The quantitative estimate of drug-likeness (QED) is 0.572. The minimum absolute atomic E-state index is 0.315. The summed E-state index contributed by atoms with van der Waals surface area (Å²) in [6.07, 6.45) is 4.41. The van der Waals surface area contributed by atoms with Crippen molar-refractivity contribution in [2.75, 3.05) is 12.4 Å². The monoisotopic (exact) mass is 229 g/mol. The number of hydrogen-bond acceptors (Lipinski definition) is 4. The first-order valence-corrected chi connectivity index (χ1v) is 6.34. The molecule has 0 bridgehead atoms. The average Bonchev–Trinajstić information content (AvgIpc) is 2.54. The highest BCUT2D eigenvalue weighted by Crippen LogP contribution is 2.17. The maximum absolute atomic E-state index is 8.61. The van der Waals surface area contributed by atoms with E-state index in [9.17, 15) is 0 Å². The van der Waals surface area contributed by atoms with Gasteiger partial charge in [0.2, 0.25) is 0 Å². The molecule has 1 aromatic heterocycles. The molecule has 1 heterocycles. The molecule has 15 heavy (non-hydrogen) atoms. The van der Waals surface area contributed by atoms with Crippen LogP contribution in [0.4, 0.5) is 0 Å². The van der Waals surface area contributed by atoms with Gasteiger partial charge in [0.1, 0.15) is 5.82 Å². The van der Waals surface area contributed by atoms with Gasteiger partial charge in [0.15, 0.2) is 5.16 Å². The highest BCUT2D eigenvalue weighted by atomic mass is 32.2. The minimum atomic E-state index is 0.315. The van der Waals surface area contributed by atoms with Crippen molar-refractivity contribution in [2.24, 2.45) is 7.05 Å². The van der Waals surface area contributed by atoms with Crippen molar-refractivity contribution in [1.29, 1.82) is 0 Å². The summed E-state index contributed by atoms with van der Waals surface area (Å²) in [7, 11) is 1.99. The fourth-order valence-electron chi connectivity index (χ4n) is 1.24. The van der Waals surface area contributed by atoms with Crippen LogP contribution in [-0.2, 0) is 7.05 Å². The molecule has 0 saturated carbocycles. The van der Waals surface area contributed by atoms with E-state index in [0.717, 1.165) is 29.6 Å². The van der Waals surface area contributed by atoms with Crippen LogP contribution in [0.2, 0.25) is 0 Å². The van der Waals surface area contributed by atoms with E-state index >= 15 is 0 Å². The Bertz CT molecular complexity index is 288. The summed E-state index contributed by atoms with van der Waals surface area (Å²) in [5.74, 6) is 2.04. The highest BCUT2D eigenvalue weighted by molar-refractivity contribution is 7.99. The third kappa shape index (κ3) is 4.22. The van der Waals surface area contributed by atoms with Crippen LogP contribution < -0.4 is 0 Å². The Hall–Kier alpha value is -0.550. The predicted octanol–water partition coefficient (Wildman–Crippen LogP) is 1.77. The van der Waals surface area contributed by atoms with Gasteiger partial charge in [0.05, 0.1) is 0 Å². The van der Waals surface area contributed by atoms with E-state index in [1.165, 1.54) is 12.8 Å². The van der Waals surface area contributed by atoms with Crippen molar-refractivity contribution in [1.82, 2.24) is 14.8 Å². The number of aryl methyl sites for hydroxylation is 1. The van der Waals surface area contributed by atoms with Gasteiger partial charge in [0.25, 0.3) is 0 Å². The molecule has 0 aliphatic heterocycles. The van der Waals surface area contributed by atoms with Gasteiger partial charge in [-0.3, -0.25) is 0 Å². The zero-order chi connectivity index (χ0) is 11.1. The molecule has 0 atom stereocenters. The largest absolute Gasteiger partial charge is 0.396 e. The molecule has 0 unspecified atom stereocenters. The molecule has 0 spiro atoms. The second kappa shape index (κ2) is 6.85. The molecule has 4 nitrogen and oxygen atoms in total. The van der Waals surface area contributed by atoms with Gasteiger partial charge in [-0.2, -0.15) is 0 Å². The van der Waals surface area contributed by atoms with Gasteiger partial charge in [-0.1, -0.05) is 24.6 Å². The highest BCUT2D eigenvalue weighted by Gasteiger charge is 2.04. The summed E-state index contributed by atoms with van der Waals surface area (Å²) in [5.41, 5.74) is 0. The Balaban J connectivity index is 2.12. The summed E-state index contributed by atoms with van der Waals surface area (Å²) >= 11 is 1.75. The van der Waals surface area contributed by atoms with Gasteiger partial charge < -0.3 is 9.67 Å². The minimum Gasteiger partial charge on any atom is -0.396 e. The third-order valence-electron chi connectivity index (χ3n) is 2.34. The number of aromatic nitrogens is 3. The number of nitrogens with zero attached hydrogens (tertiary/aromatic N) is 3.